The molecular weight excluding hydrogens is 144 g/mol. The van der Waals surface area contributed by atoms with Gasteiger partial charge >= 0.3 is 0 Å². The van der Waals surface area contributed by atoms with Gasteiger partial charge in [-0.1, -0.05) is 6.08 Å². The van der Waals surface area contributed by atoms with E-state index in [2.05, 4.69) is 5.32 Å². The van der Waals surface area contributed by atoms with Gasteiger partial charge in [0.15, 0.2) is 6.29 Å². The van der Waals surface area contributed by atoms with E-state index in [0.29, 0.717) is 18.4 Å². The number of hydrogen-bond acceptors (Lipinski definition) is 3. The third kappa shape index (κ3) is 1.46. The molecular formula is C7H8N2O2. The third-order valence-electron chi connectivity index (χ3n) is 1.39. The Hall–Kier alpha value is -1.58. The number of aldehydes is 1. The highest BCUT2D eigenvalue weighted by molar-refractivity contribution is 6.04. The second-order valence-corrected chi connectivity index (χ2v) is 2.11. The minimum atomic E-state index is -0.587. The number of amides is 1. The Kier molecular flexibility index (Phi) is 2.06. The molecule has 1 amide bonds. The molecule has 0 aromatic rings. The average molecular weight is 152 g/mol. The van der Waals surface area contributed by atoms with Crippen molar-refractivity contribution in [2.45, 2.75) is 0 Å². The van der Waals surface area contributed by atoms with Crippen LogP contribution in [0.15, 0.2) is 23.4 Å². The number of carbonyl (C=O) groups excluding carboxylic acids is 2. The van der Waals surface area contributed by atoms with Gasteiger partial charge in [-0.3, -0.25) is 9.59 Å². The largest absolute Gasteiger partial charge is 0.387 e. The molecule has 1 aliphatic rings. The molecule has 0 aromatic carbocycles. The maximum atomic E-state index is 10.6. The lowest BCUT2D eigenvalue weighted by Crippen LogP contribution is -2.23. The molecule has 0 saturated carbocycles. The normalized spacial score (nSPS) is 16.0. The predicted molar refractivity (Wildman–Crippen MR) is 39.4 cm³/mol. The van der Waals surface area contributed by atoms with E-state index in [-0.39, 0.29) is 5.57 Å². The molecule has 0 spiro atoms. The first-order valence-corrected chi connectivity index (χ1v) is 3.15. The molecule has 0 radical (unpaired) electrons. The van der Waals surface area contributed by atoms with Gasteiger partial charge in [-0.15, -0.1) is 0 Å². The Morgan fingerprint density at radius 2 is 2.45 bits per heavy atom. The lowest BCUT2D eigenvalue weighted by atomic mass is 10.1. The lowest BCUT2D eigenvalue weighted by molar-refractivity contribution is -0.115. The molecule has 0 atom stereocenters. The smallest absolute Gasteiger partial charge is 0.250 e. The molecule has 4 heteroatoms. The Morgan fingerprint density at radius 1 is 1.73 bits per heavy atom. The monoisotopic (exact) mass is 152 g/mol. The summed E-state index contributed by atoms with van der Waals surface area (Å²) >= 11 is 0. The van der Waals surface area contributed by atoms with Crippen molar-refractivity contribution in [1.29, 1.82) is 0 Å². The molecule has 4 nitrogen and oxygen atoms in total. The van der Waals surface area contributed by atoms with E-state index in [1.807, 2.05) is 0 Å². The van der Waals surface area contributed by atoms with Gasteiger partial charge in [0.25, 0.3) is 5.91 Å². The SMILES string of the molecule is NC(=O)C1=CNCC=C1C=O. The Morgan fingerprint density at radius 3 is 2.91 bits per heavy atom. The van der Waals surface area contributed by atoms with E-state index in [1.54, 1.807) is 6.08 Å². The van der Waals surface area contributed by atoms with Crippen LogP contribution in [0.3, 0.4) is 0 Å². The topological polar surface area (TPSA) is 72.2 Å². The second-order valence-electron chi connectivity index (χ2n) is 2.11. The van der Waals surface area contributed by atoms with Gasteiger partial charge < -0.3 is 11.1 Å². The van der Waals surface area contributed by atoms with Gasteiger partial charge in [0.05, 0.1) is 5.57 Å². The van der Waals surface area contributed by atoms with Crippen molar-refractivity contribution in [3.8, 4) is 0 Å². The van der Waals surface area contributed by atoms with Crippen LogP contribution in [-0.4, -0.2) is 18.7 Å². The van der Waals surface area contributed by atoms with Crippen molar-refractivity contribution in [2.24, 2.45) is 5.73 Å². The maximum Gasteiger partial charge on any atom is 0.250 e. The number of primary amides is 1. The zero-order valence-corrected chi connectivity index (χ0v) is 5.83. The van der Waals surface area contributed by atoms with Gasteiger partial charge in [0, 0.05) is 18.3 Å². The van der Waals surface area contributed by atoms with Gasteiger partial charge in [-0.25, -0.2) is 0 Å². The van der Waals surface area contributed by atoms with E-state index in [1.165, 1.54) is 6.20 Å². The second kappa shape index (κ2) is 3.01. The molecule has 1 rings (SSSR count). The zero-order chi connectivity index (χ0) is 8.27. The Bertz CT molecular complexity index is 253. The van der Waals surface area contributed by atoms with E-state index in [4.69, 9.17) is 5.73 Å². The maximum absolute atomic E-state index is 10.6. The highest BCUT2D eigenvalue weighted by Gasteiger charge is 2.12. The number of nitrogens with two attached hydrogens (primary N) is 1. The van der Waals surface area contributed by atoms with Crippen LogP contribution in [0.2, 0.25) is 0 Å². The molecule has 0 saturated heterocycles. The summed E-state index contributed by atoms with van der Waals surface area (Å²) in [6.07, 6.45) is 3.69. The van der Waals surface area contributed by atoms with E-state index < -0.39 is 5.91 Å². The first kappa shape index (κ1) is 7.53. The highest BCUT2D eigenvalue weighted by Crippen LogP contribution is 2.07. The zero-order valence-electron chi connectivity index (χ0n) is 5.83. The number of rotatable bonds is 2. The molecule has 0 aliphatic carbocycles. The average Bonchev–Trinajstić information content (AvgIpc) is 2.04. The first-order valence-electron chi connectivity index (χ1n) is 3.15. The van der Waals surface area contributed by atoms with E-state index >= 15 is 0 Å². The fourth-order valence-electron chi connectivity index (χ4n) is 0.848. The fraction of sp³-hybridized carbons (Fsp3) is 0.143. The van der Waals surface area contributed by atoms with Crippen LogP contribution in [0.1, 0.15) is 0 Å². The minimum absolute atomic E-state index is 0.242. The summed E-state index contributed by atoms with van der Waals surface area (Å²) in [7, 11) is 0. The molecule has 0 aromatic heterocycles. The van der Waals surface area contributed by atoms with Gasteiger partial charge in [0.1, 0.15) is 0 Å². The fourth-order valence-corrected chi connectivity index (χ4v) is 0.848. The van der Waals surface area contributed by atoms with Crippen LogP contribution in [0.25, 0.3) is 0 Å². The van der Waals surface area contributed by atoms with Crippen molar-refractivity contribution < 1.29 is 9.59 Å². The van der Waals surface area contributed by atoms with E-state index in [9.17, 15) is 9.59 Å². The summed E-state index contributed by atoms with van der Waals surface area (Å²) in [6.45, 7) is 0.560. The standard InChI is InChI=1S/C7H8N2O2/c8-7(11)6-3-9-2-1-5(6)4-10/h1,3-4,9H,2H2,(H2,8,11). The van der Waals surface area contributed by atoms with Gasteiger partial charge in [-0.05, 0) is 0 Å². The van der Waals surface area contributed by atoms with Gasteiger partial charge in [0.2, 0.25) is 0 Å². The van der Waals surface area contributed by atoms with Crippen molar-refractivity contribution in [3.63, 3.8) is 0 Å². The predicted octanol–water partition coefficient (Wildman–Crippen LogP) is -0.916. The van der Waals surface area contributed by atoms with Crippen LogP contribution < -0.4 is 11.1 Å². The number of hydrogen-bond donors (Lipinski definition) is 2. The van der Waals surface area contributed by atoms with Crippen molar-refractivity contribution >= 4 is 12.2 Å². The van der Waals surface area contributed by atoms with Crippen molar-refractivity contribution in [3.05, 3.63) is 23.4 Å². The summed E-state index contributed by atoms with van der Waals surface area (Å²) in [5, 5.41) is 2.78. The molecule has 58 valence electrons. The highest BCUT2D eigenvalue weighted by atomic mass is 16.1. The minimum Gasteiger partial charge on any atom is -0.387 e. The quantitative estimate of drug-likeness (QED) is 0.503. The summed E-state index contributed by atoms with van der Waals surface area (Å²) in [4.78, 5) is 21.0. The van der Waals surface area contributed by atoms with Crippen LogP contribution in [0, 0.1) is 0 Å². The van der Waals surface area contributed by atoms with Gasteiger partial charge in [-0.2, -0.15) is 0 Å². The first-order chi connectivity index (χ1) is 5.25. The number of carbonyl (C=O) groups is 2. The lowest BCUT2D eigenvalue weighted by Gasteiger charge is -2.08. The van der Waals surface area contributed by atoms with Crippen LogP contribution in [0.4, 0.5) is 0 Å². The number of dihydropyridines is 1. The molecule has 0 bridgehead atoms. The molecule has 11 heavy (non-hydrogen) atoms. The molecule has 3 N–H and O–H groups in total. The number of nitrogens with one attached hydrogen (secondary N) is 1. The Balaban J connectivity index is 2.92. The molecule has 1 heterocycles. The van der Waals surface area contributed by atoms with E-state index in [0.717, 1.165) is 0 Å². The van der Waals surface area contributed by atoms with Crippen LogP contribution in [0.5, 0.6) is 0 Å². The summed E-state index contributed by atoms with van der Waals surface area (Å²) in [5.41, 5.74) is 5.59. The van der Waals surface area contributed by atoms with Crippen molar-refractivity contribution in [1.82, 2.24) is 5.32 Å². The van der Waals surface area contributed by atoms with Crippen LogP contribution in [-0.2, 0) is 9.59 Å². The van der Waals surface area contributed by atoms with Crippen LogP contribution >= 0.6 is 0 Å². The summed E-state index contributed by atoms with van der Waals surface area (Å²) in [6, 6.07) is 0. The molecule has 0 unspecified atom stereocenters. The van der Waals surface area contributed by atoms with Crippen molar-refractivity contribution in [2.75, 3.05) is 6.54 Å². The molecule has 0 fully saturated rings. The molecule has 1 aliphatic heterocycles. The Labute approximate surface area is 63.8 Å². The summed E-state index contributed by atoms with van der Waals surface area (Å²) < 4.78 is 0. The summed E-state index contributed by atoms with van der Waals surface area (Å²) in [5.74, 6) is -0.587. The third-order valence-corrected chi connectivity index (χ3v) is 1.39.